The van der Waals surface area contributed by atoms with Gasteiger partial charge in [0.15, 0.2) is 0 Å². The van der Waals surface area contributed by atoms with Crippen LogP contribution in [-0.4, -0.2) is 9.97 Å². The van der Waals surface area contributed by atoms with Crippen LogP contribution in [0.4, 0.5) is 0 Å². The average molecular weight is 272 g/mol. The minimum atomic E-state index is 0.267. The van der Waals surface area contributed by atoms with Crippen LogP contribution < -0.4 is 4.74 Å². The van der Waals surface area contributed by atoms with Crippen molar-refractivity contribution in [2.75, 3.05) is 0 Å². The maximum absolute atomic E-state index is 9.00. The van der Waals surface area contributed by atoms with Gasteiger partial charge in [0.2, 0.25) is 5.88 Å². The predicted octanol–water partition coefficient (Wildman–Crippen LogP) is 3.17. The Balaban J connectivity index is 1.95. The molecule has 0 aliphatic heterocycles. The van der Waals surface area contributed by atoms with Gasteiger partial charge in [0.05, 0.1) is 28.4 Å². The molecule has 0 unspecified atom stereocenters. The van der Waals surface area contributed by atoms with E-state index in [4.69, 9.17) is 15.3 Å². The SMILES string of the molecule is N#Cc1ccc(Oc2cnc3ccccc3n2)cc1C#N. The summed E-state index contributed by atoms with van der Waals surface area (Å²) in [6.07, 6.45) is 1.52. The second-order valence-corrected chi connectivity index (χ2v) is 4.23. The molecule has 0 N–H and O–H groups in total. The highest BCUT2D eigenvalue weighted by atomic mass is 16.5. The molecule has 0 atom stereocenters. The Hall–Kier alpha value is -3.44. The molecule has 1 aromatic heterocycles. The molecular formula is C16H8N4O. The Bertz CT molecular complexity index is 906. The molecule has 2 aromatic carbocycles. The number of para-hydroxylation sites is 2. The van der Waals surface area contributed by atoms with Crippen molar-refractivity contribution in [2.45, 2.75) is 0 Å². The first-order valence-electron chi connectivity index (χ1n) is 6.14. The first-order chi connectivity index (χ1) is 10.3. The number of fused-ring (bicyclic) bond motifs is 1. The summed E-state index contributed by atoms with van der Waals surface area (Å²) in [5.74, 6) is 0.775. The molecule has 0 radical (unpaired) electrons. The Morgan fingerprint density at radius 1 is 0.905 bits per heavy atom. The molecule has 0 saturated heterocycles. The van der Waals surface area contributed by atoms with E-state index in [0.29, 0.717) is 17.2 Å². The number of nitrogens with zero attached hydrogens (tertiary/aromatic N) is 4. The lowest BCUT2D eigenvalue weighted by atomic mass is 10.1. The van der Waals surface area contributed by atoms with Gasteiger partial charge in [0, 0.05) is 0 Å². The molecule has 3 rings (SSSR count). The van der Waals surface area contributed by atoms with Crippen LogP contribution in [0, 0.1) is 22.7 Å². The molecule has 21 heavy (non-hydrogen) atoms. The van der Waals surface area contributed by atoms with Crippen LogP contribution >= 0.6 is 0 Å². The van der Waals surface area contributed by atoms with E-state index in [1.165, 1.54) is 12.3 Å². The van der Waals surface area contributed by atoms with Gasteiger partial charge in [0.25, 0.3) is 0 Å². The number of ether oxygens (including phenoxy) is 1. The molecule has 0 amide bonds. The Kier molecular flexibility index (Phi) is 3.16. The molecule has 98 valence electrons. The highest BCUT2D eigenvalue weighted by Crippen LogP contribution is 2.23. The van der Waals surface area contributed by atoms with Gasteiger partial charge in [-0.25, -0.2) is 9.97 Å². The van der Waals surface area contributed by atoms with Crippen molar-refractivity contribution in [1.82, 2.24) is 9.97 Å². The predicted molar refractivity (Wildman–Crippen MR) is 75.5 cm³/mol. The zero-order valence-electron chi connectivity index (χ0n) is 10.8. The second kappa shape index (κ2) is 5.28. The monoisotopic (exact) mass is 272 g/mol. The van der Waals surface area contributed by atoms with Crippen molar-refractivity contribution in [3.8, 4) is 23.8 Å². The molecule has 0 saturated carbocycles. The summed E-state index contributed by atoms with van der Waals surface area (Å²) in [6.45, 7) is 0. The summed E-state index contributed by atoms with van der Waals surface area (Å²) in [5, 5.41) is 17.9. The van der Waals surface area contributed by atoms with Gasteiger partial charge in [-0.3, -0.25) is 0 Å². The second-order valence-electron chi connectivity index (χ2n) is 4.23. The molecule has 0 spiro atoms. The van der Waals surface area contributed by atoms with Crippen molar-refractivity contribution in [2.24, 2.45) is 0 Å². The van der Waals surface area contributed by atoms with Gasteiger partial charge in [-0.1, -0.05) is 12.1 Å². The van der Waals surface area contributed by atoms with Crippen molar-refractivity contribution in [1.29, 1.82) is 10.5 Å². The lowest BCUT2D eigenvalue weighted by molar-refractivity contribution is 0.462. The van der Waals surface area contributed by atoms with Crippen LogP contribution in [0.1, 0.15) is 11.1 Å². The molecule has 0 fully saturated rings. The van der Waals surface area contributed by atoms with Crippen LogP contribution in [-0.2, 0) is 0 Å². The van der Waals surface area contributed by atoms with E-state index >= 15 is 0 Å². The number of benzene rings is 2. The fraction of sp³-hybridized carbons (Fsp3) is 0. The van der Waals surface area contributed by atoms with E-state index in [2.05, 4.69) is 9.97 Å². The standard InChI is InChI=1S/C16H8N4O/c17-8-11-5-6-13(7-12(11)9-18)21-16-10-19-14-3-1-2-4-15(14)20-16/h1-7,10H. The highest BCUT2D eigenvalue weighted by molar-refractivity contribution is 5.74. The summed E-state index contributed by atoms with van der Waals surface area (Å²) < 4.78 is 5.59. The number of hydrogen-bond donors (Lipinski definition) is 0. The van der Waals surface area contributed by atoms with Crippen LogP contribution in [0.3, 0.4) is 0 Å². The van der Waals surface area contributed by atoms with Crippen molar-refractivity contribution < 1.29 is 4.74 Å². The van der Waals surface area contributed by atoms with Crippen molar-refractivity contribution in [3.05, 3.63) is 59.8 Å². The van der Waals surface area contributed by atoms with Crippen LogP contribution in [0.25, 0.3) is 11.0 Å². The van der Waals surface area contributed by atoms with Crippen LogP contribution in [0.15, 0.2) is 48.7 Å². The van der Waals surface area contributed by atoms with Crippen LogP contribution in [0.2, 0.25) is 0 Å². The van der Waals surface area contributed by atoms with Gasteiger partial charge in [-0.15, -0.1) is 0 Å². The molecule has 0 aliphatic rings. The number of hydrogen-bond acceptors (Lipinski definition) is 5. The summed E-state index contributed by atoms with van der Waals surface area (Å²) in [7, 11) is 0. The van der Waals surface area contributed by atoms with Gasteiger partial charge in [-0.05, 0) is 30.3 Å². The normalized spacial score (nSPS) is 9.81. The van der Waals surface area contributed by atoms with E-state index in [9.17, 15) is 0 Å². The zero-order valence-corrected chi connectivity index (χ0v) is 10.8. The van der Waals surface area contributed by atoms with E-state index in [-0.39, 0.29) is 5.56 Å². The topological polar surface area (TPSA) is 82.6 Å². The smallest absolute Gasteiger partial charge is 0.238 e. The number of rotatable bonds is 2. The van der Waals surface area contributed by atoms with Gasteiger partial charge >= 0.3 is 0 Å². The number of nitriles is 2. The fourth-order valence-electron chi connectivity index (χ4n) is 1.89. The minimum Gasteiger partial charge on any atom is -0.437 e. The fourth-order valence-corrected chi connectivity index (χ4v) is 1.89. The summed E-state index contributed by atoms with van der Waals surface area (Å²) >= 11 is 0. The van der Waals surface area contributed by atoms with E-state index in [1.807, 2.05) is 36.4 Å². The number of aromatic nitrogens is 2. The third-order valence-electron chi connectivity index (χ3n) is 2.88. The maximum atomic E-state index is 9.00. The average Bonchev–Trinajstić information content (AvgIpc) is 2.54. The maximum Gasteiger partial charge on any atom is 0.238 e. The summed E-state index contributed by atoms with van der Waals surface area (Å²) in [5.41, 5.74) is 2.09. The first-order valence-corrected chi connectivity index (χ1v) is 6.14. The molecule has 1 heterocycles. The molecule has 0 aliphatic carbocycles. The van der Waals surface area contributed by atoms with Gasteiger partial charge in [-0.2, -0.15) is 10.5 Å². The summed E-state index contributed by atoms with van der Waals surface area (Å²) in [4.78, 5) is 8.58. The Morgan fingerprint density at radius 2 is 1.67 bits per heavy atom. The zero-order chi connectivity index (χ0) is 14.7. The van der Waals surface area contributed by atoms with E-state index in [0.717, 1.165) is 11.0 Å². The molecule has 3 aromatic rings. The Morgan fingerprint density at radius 3 is 2.43 bits per heavy atom. The largest absolute Gasteiger partial charge is 0.437 e. The van der Waals surface area contributed by atoms with Crippen molar-refractivity contribution in [3.63, 3.8) is 0 Å². The molecule has 5 nitrogen and oxygen atoms in total. The van der Waals surface area contributed by atoms with Crippen molar-refractivity contribution >= 4 is 11.0 Å². The quantitative estimate of drug-likeness (QED) is 0.715. The lowest BCUT2D eigenvalue weighted by Gasteiger charge is -2.06. The molecule has 0 bridgehead atoms. The summed E-state index contributed by atoms with van der Waals surface area (Å²) in [6, 6.07) is 16.1. The molecular weight excluding hydrogens is 264 g/mol. The van der Waals surface area contributed by atoms with Gasteiger partial charge < -0.3 is 4.74 Å². The van der Waals surface area contributed by atoms with E-state index in [1.54, 1.807) is 12.1 Å². The third-order valence-corrected chi connectivity index (χ3v) is 2.88. The Labute approximate surface area is 120 Å². The minimum absolute atomic E-state index is 0.267. The lowest BCUT2D eigenvalue weighted by Crippen LogP contribution is -1.92. The highest BCUT2D eigenvalue weighted by Gasteiger charge is 2.06. The van der Waals surface area contributed by atoms with Crippen LogP contribution in [0.5, 0.6) is 11.6 Å². The first kappa shape index (κ1) is 12.6. The van der Waals surface area contributed by atoms with E-state index < -0.39 is 0 Å². The van der Waals surface area contributed by atoms with Gasteiger partial charge in [0.1, 0.15) is 17.9 Å². The third kappa shape index (κ3) is 2.49. The molecule has 5 heteroatoms.